The van der Waals surface area contributed by atoms with Gasteiger partial charge in [0.15, 0.2) is 0 Å². The molecule has 0 aromatic heterocycles. The second kappa shape index (κ2) is 8.31. The van der Waals surface area contributed by atoms with Crippen LogP contribution in [0.5, 0.6) is 0 Å². The predicted molar refractivity (Wildman–Crippen MR) is 79.2 cm³/mol. The smallest absolute Gasteiger partial charge is 0.0906 e. The molecule has 108 valence electrons. The number of benzene rings is 1. The number of hydrogen-bond donors (Lipinski definition) is 2. The van der Waals surface area contributed by atoms with Gasteiger partial charge in [-0.15, -0.1) is 0 Å². The van der Waals surface area contributed by atoms with Gasteiger partial charge in [-0.1, -0.05) is 50.6 Å². The van der Waals surface area contributed by atoms with Crippen molar-refractivity contribution in [1.82, 2.24) is 5.32 Å². The van der Waals surface area contributed by atoms with Gasteiger partial charge < -0.3 is 15.2 Å². The highest BCUT2D eigenvalue weighted by Gasteiger charge is 2.31. The molecule has 2 unspecified atom stereocenters. The van der Waals surface area contributed by atoms with Gasteiger partial charge in [-0.2, -0.15) is 0 Å². The second-order valence-electron chi connectivity index (χ2n) is 5.05. The van der Waals surface area contributed by atoms with Gasteiger partial charge in [0.05, 0.1) is 24.9 Å². The SMILES string of the molecule is CCCC(C)OCC(CO)(NCC)c1ccccc1. The minimum atomic E-state index is -0.502. The summed E-state index contributed by atoms with van der Waals surface area (Å²) in [7, 11) is 0. The summed E-state index contributed by atoms with van der Waals surface area (Å²) in [4.78, 5) is 0. The Hall–Kier alpha value is -0.900. The Morgan fingerprint density at radius 1 is 1.26 bits per heavy atom. The summed E-state index contributed by atoms with van der Waals surface area (Å²) in [5.74, 6) is 0. The van der Waals surface area contributed by atoms with Crippen molar-refractivity contribution in [3.05, 3.63) is 35.9 Å². The molecule has 3 nitrogen and oxygen atoms in total. The Morgan fingerprint density at radius 2 is 1.95 bits per heavy atom. The van der Waals surface area contributed by atoms with Crippen LogP contribution < -0.4 is 5.32 Å². The van der Waals surface area contributed by atoms with Crippen molar-refractivity contribution in [2.24, 2.45) is 0 Å². The number of nitrogens with one attached hydrogen (secondary N) is 1. The highest BCUT2D eigenvalue weighted by Crippen LogP contribution is 2.22. The highest BCUT2D eigenvalue weighted by atomic mass is 16.5. The topological polar surface area (TPSA) is 41.5 Å². The molecule has 3 heteroatoms. The monoisotopic (exact) mass is 265 g/mol. The molecular formula is C16H27NO2. The molecule has 0 radical (unpaired) electrons. The lowest BCUT2D eigenvalue weighted by Crippen LogP contribution is -2.50. The molecule has 0 saturated carbocycles. The fraction of sp³-hybridized carbons (Fsp3) is 0.625. The average molecular weight is 265 g/mol. The first-order chi connectivity index (χ1) is 9.18. The molecule has 2 N–H and O–H groups in total. The van der Waals surface area contributed by atoms with Crippen LogP contribution in [0.4, 0.5) is 0 Å². The maximum absolute atomic E-state index is 9.86. The molecule has 0 amide bonds. The molecule has 0 bridgehead atoms. The summed E-state index contributed by atoms with van der Waals surface area (Å²) in [6.07, 6.45) is 2.38. The van der Waals surface area contributed by atoms with Crippen LogP contribution in [0.25, 0.3) is 0 Å². The molecule has 2 atom stereocenters. The molecule has 0 fully saturated rings. The Bertz CT molecular complexity index is 342. The number of aliphatic hydroxyl groups is 1. The van der Waals surface area contributed by atoms with Gasteiger partial charge in [-0.3, -0.25) is 0 Å². The maximum atomic E-state index is 9.86. The zero-order chi connectivity index (χ0) is 14.1. The van der Waals surface area contributed by atoms with E-state index in [0.29, 0.717) is 6.61 Å². The summed E-state index contributed by atoms with van der Waals surface area (Å²) in [5, 5.41) is 13.2. The molecule has 1 rings (SSSR count). The van der Waals surface area contributed by atoms with Gasteiger partial charge >= 0.3 is 0 Å². The molecule has 0 saturated heterocycles. The number of likely N-dealkylation sites (N-methyl/N-ethyl adjacent to an activating group) is 1. The van der Waals surface area contributed by atoms with E-state index in [-0.39, 0.29) is 12.7 Å². The van der Waals surface area contributed by atoms with E-state index in [2.05, 4.69) is 19.2 Å². The lowest BCUT2D eigenvalue weighted by atomic mass is 9.91. The summed E-state index contributed by atoms with van der Waals surface area (Å²) in [6, 6.07) is 10.0. The molecule has 0 spiro atoms. The molecule has 1 aromatic carbocycles. The van der Waals surface area contributed by atoms with Gasteiger partial charge in [0, 0.05) is 0 Å². The fourth-order valence-electron chi connectivity index (χ4n) is 2.30. The predicted octanol–water partition coefficient (Wildman–Crippen LogP) is 2.69. The zero-order valence-corrected chi connectivity index (χ0v) is 12.4. The summed E-state index contributed by atoms with van der Waals surface area (Å²) in [5.41, 5.74) is 0.570. The molecule has 0 aliphatic rings. The van der Waals surface area contributed by atoms with E-state index in [1.54, 1.807) is 0 Å². The zero-order valence-electron chi connectivity index (χ0n) is 12.4. The van der Waals surface area contributed by atoms with E-state index >= 15 is 0 Å². The molecule has 0 heterocycles. The summed E-state index contributed by atoms with van der Waals surface area (Å²) in [6.45, 7) is 7.60. The van der Waals surface area contributed by atoms with Gasteiger partial charge in [0.25, 0.3) is 0 Å². The average Bonchev–Trinajstić information content (AvgIpc) is 2.45. The molecular weight excluding hydrogens is 238 g/mol. The van der Waals surface area contributed by atoms with Crippen molar-refractivity contribution >= 4 is 0 Å². The van der Waals surface area contributed by atoms with E-state index in [4.69, 9.17) is 4.74 Å². The number of rotatable bonds is 9. The Kier molecular flexibility index (Phi) is 7.06. The van der Waals surface area contributed by atoms with Gasteiger partial charge in [-0.25, -0.2) is 0 Å². The van der Waals surface area contributed by atoms with E-state index in [1.165, 1.54) is 0 Å². The Balaban J connectivity index is 2.81. The fourth-order valence-corrected chi connectivity index (χ4v) is 2.30. The normalized spacial score (nSPS) is 16.0. The number of hydrogen-bond acceptors (Lipinski definition) is 3. The molecule has 0 aliphatic carbocycles. The summed E-state index contributed by atoms with van der Waals surface area (Å²) < 4.78 is 5.92. The quantitative estimate of drug-likeness (QED) is 0.721. The lowest BCUT2D eigenvalue weighted by molar-refractivity contribution is -0.00714. The van der Waals surface area contributed by atoms with Gasteiger partial charge in [0.1, 0.15) is 0 Å². The third-order valence-electron chi connectivity index (χ3n) is 3.42. The van der Waals surface area contributed by atoms with E-state index < -0.39 is 5.54 Å². The van der Waals surface area contributed by atoms with Crippen LogP contribution in [0.3, 0.4) is 0 Å². The van der Waals surface area contributed by atoms with Crippen molar-refractivity contribution in [2.75, 3.05) is 19.8 Å². The first-order valence-electron chi connectivity index (χ1n) is 7.21. The van der Waals surface area contributed by atoms with Crippen molar-refractivity contribution in [3.8, 4) is 0 Å². The van der Waals surface area contributed by atoms with Crippen molar-refractivity contribution in [2.45, 2.75) is 45.3 Å². The van der Waals surface area contributed by atoms with E-state index in [1.807, 2.05) is 37.3 Å². The third kappa shape index (κ3) is 4.60. The highest BCUT2D eigenvalue weighted by molar-refractivity contribution is 5.25. The minimum absolute atomic E-state index is 0.0314. The Labute approximate surface area is 117 Å². The van der Waals surface area contributed by atoms with Crippen LogP contribution in [-0.2, 0) is 10.3 Å². The van der Waals surface area contributed by atoms with Crippen molar-refractivity contribution < 1.29 is 9.84 Å². The van der Waals surface area contributed by atoms with Gasteiger partial charge in [-0.05, 0) is 25.5 Å². The van der Waals surface area contributed by atoms with E-state index in [9.17, 15) is 5.11 Å². The Morgan fingerprint density at radius 3 is 2.47 bits per heavy atom. The van der Waals surface area contributed by atoms with Crippen LogP contribution in [-0.4, -0.2) is 31.0 Å². The van der Waals surface area contributed by atoms with Crippen molar-refractivity contribution in [3.63, 3.8) is 0 Å². The maximum Gasteiger partial charge on any atom is 0.0906 e. The number of aliphatic hydroxyl groups excluding tert-OH is 1. The molecule has 1 aromatic rings. The van der Waals surface area contributed by atoms with Crippen LogP contribution >= 0.6 is 0 Å². The van der Waals surface area contributed by atoms with Crippen LogP contribution in [0.1, 0.15) is 39.2 Å². The first kappa shape index (κ1) is 16.2. The van der Waals surface area contributed by atoms with Crippen LogP contribution in [0.15, 0.2) is 30.3 Å². The summed E-state index contributed by atoms with van der Waals surface area (Å²) >= 11 is 0. The third-order valence-corrected chi connectivity index (χ3v) is 3.42. The second-order valence-corrected chi connectivity index (χ2v) is 5.05. The molecule has 0 aliphatic heterocycles. The number of ether oxygens (including phenoxy) is 1. The minimum Gasteiger partial charge on any atom is -0.394 e. The molecule has 19 heavy (non-hydrogen) atoms. The standard InChI is InChI=1S/C16H27NO2/c1-4-9-14(3)19-13-16(12-18,17-5-2)15-10-7-6-8-11-15/h6-8,10-11,14,17-18H,4-5,9,12-13H2,1-3H3. The first-order valence-corrected chi connectivity index (χ1v) is 7.21. The van der Waals surface area contributed by atoms with E-state index in [0.717, 1.165) is 24.9 Å². The largest absolute Gasteiger partial charge is 0.394 e. The van der Waals surface area contributed by atoms with Crippen LogP contribution in [0, 0.1) is 0 Å². The van der Waals surface area contributed by atoms with Gasteiger partial charge in [0.2, 0.25) is 0 Å². The van der Waals surface area contributed by atoms with Crippen molar-refractivity contribution in [1.29, 1.82) is 0 Å². The van der Waals surface area contributed by atoms with Crippen LogP contribution in [0.2, 0.25) is 0 Å². The lowest BCUT2D eigenvalue weighted by Gasteiger charge is -2.34.